The van der Waals surface area contributed by atoms with Gasteiger partial charge in [0.05, 0.1) is 11.0 Å². The van der Waals surface area contributed by atoms with E-state index in [1.807, 2.05) is 36.4 Å². The predicted molar refractivity (Wildman–Crippen MR) is 181 cm³/mol. The van der Waals surface area contributed by atoms with Crippen LogP contribution in [0.25, 0.3) is 72.5 Å². The smallest absolute Gasteiger partial charge is 0.226 e. The number of hydrogen-bond donors (Lipinski definition) is 0. The van der Waals surface area contributed by atoms with Crippen molar-refractivity contribution in [1.82, 2.24) is 19.5 Å². The third kappa shape index (κ3) is 4.53. The molecule has 0 unspecified atom stereocenters. The fourth-order valence-corrected chi connectivity index (χ4v) is 6.22. The number of nitrogens with zero attached hydrogens (tertiary/aromatic N) is 4. The largest absolute Gasteiger partial charge is 0.309 e. The molecule has 8 aromatic rings. The number of para-hydroxylation sites is 2. The van der Waals surface area contributed by atoms with Gasteiger partial charge in [-0.2, -0.15) is 9.97 Å². The van der Waals surface area contributed by atoms with E-state index in [9.17, 15) is 0 Å². The summed E-state index contributed by atoms with van der Waals surface area (Å²) in [5.41, 5.74) is 9.69. The average Bonchev–Trinajstić information content (AvgIpc) is 3.43. The molecule has 2 aromatic heterocycles. The number of halogens is 1. The third-order valence-electron chi connectivity index (χ3n) is 8.03. The molecule has 44 heavy (non-hydrogen) atoms. The first kappa shape index (κ1) is 26.1. The number of fused-ring (bicyclic) bond motifs is 3. The quantitative estimate of drug-likeness (QED) is 0.202. The Kier molecular flexibility index (Phi) is 6.47. The molecule has 8 rings (SSSR count). The van der Waals surface area contributed by atoms with Gasteiger partial charge in [0.15, 0.2) is 11.6 Å². The summed E-state index contributed by atoms with van der Waals surface area (Å²) in [4.78, 5) is 13.9. The lowest BCUT2D eigenvalue weighted by Crippen LogP contribution is -1.98. The maximum absolute atomic E-state index is 6.48. The standard InChI is InChI=1S/C39H25ClN4/c40-39-42-37(41-38(43-39)32-17-8-7-16-30(32)26-12-3-1-4-13-26)28-24-22-27(23-25-28)31-19-11-21-35-36(31)33-18-9-10-20-34(33)44(35)29-14-5-2-6-15-29/h1-25H. The van der Waals surface area contributed by atoms with Crippen molar-refractivity contribution in [2.75, 3.05) is 0 Å². The van der Waals surface area contributed by atoms with Gasteiger partial charge < -0.3 is 4.57 Å². The second kappa shape index (κ2) is 10.9. The summed E-state index contributed by atoms with van der Waals surface area (Å²) in [6.45, 7) is 0. The van der Waals surface area contributed by atoms with E-state index in [4.69, 9.17) is 16.6 Å². The Morgan fingerprint density at radius 3 is 1.77 bits per heavy atom. The number of rotatable bonds is 5. The normalized spacial score (nSPS) is 11.3. The van der Waals surface area contributed by atoms with E-state index in [0.717, 1.165) is 33.5 Å². The summed E-state index contributed by atoms with van der Waals surface area (Å²) >= 11 is 6.48. The van der Waals surface area contributed by atoms with Gasteiger partial charge in [-0.1, -0.05) is 127 Å². The summed E-state index contributed by atoms with van der Waals surface area (Å²) in [6.07, 6.45) is 0. The zero-order chi connectivity index (χ0) is 29.5. The Hall–Kier alpha value is -5.58. The maximum Gasteiger partial charge on any atom is 0.226 e. The van der Waals surface area contributed by atoms with Crippen molar-refractivity contribution >= 4 is 33.4 Å². The minimum Gasteiger partial charge on any atom is -0.309 e. The van der Waals surface area contributed by atoms with Crippen molar-refractivity contribution in [2.24, 2.45) is 0 Å². The zero-order valence-electron chi connectivity index (χ0n) is 23.6. The van der Waals surface area contributed by atoms with Crippen molar-refractivity contribution in [1.29, 1.82) is 0 Å². The predicted octanol–water partition coefficient (Wildman–Crippen LogP) is 10.3. The Balaban J connectivity index is 1.22. The minimum atomic E-state index is 0.162. The van der Waals surface area contributed by atoms with Gasteiger partial charge in [0.2, 0.25) is 5.28 Å². The first-order valence-corrected chi connectivity index (χ1v) is 14.9. The summed E-state index contributed by atoms with van der Waals surface area (Å²) in [5, 5.41) is 2.61. The highest BCUT2D eigenvalue weighted by Crippen LogP contribution is 2.39. The molecule has 0 aliphatic carbocycles. The van der Waals surface area contributed by atoms with Crippen LogP contribution in [0.1, 0.15) is 0 Å². The van der Waals surface area contributed by atoms with E-state index in [2.05, 4.69) is 130 Å². The molecule has 0 spiro atoms. The molecule has 0 atom stereocenters. The van der Waals surface area contributed by atoms with Crippen LogP contribution >= 0.6 is 11.6 Å². The zero-order valence-corrected chi connectivity index (χ0v) is 24.4. The Labute approximate surface area is 259 Å². The van der Waals surface area contributed by atoms with Crippen molar-refractivity contribution in [3.05, 3.63) is 157 Å². The lowest BCUT2D eigenvalue weighted by Gasteiger charge is -2.11. The number of aromatic nitrogens is 4. The monoisotopic (exact) mass is 584 g/mol. The van der Waals surface area contributed by atoms with Gasteiger partial charge in [-0.25, -0.2) is 4.98 Å². The Morgan fingerprint density at radius 2 is 0.977 bits per heavy atom. The first-order chi connectivity index (χ1) is 21.7. The van der Waals surface area contributed by atoms with E-state index in [1.165, 1.54) is 27.4 Å². The van der Waals surface area contributed by atoms with Crippen LogP contribution in [0.5, 0.6) is 0 Å². The second-order valence-corrected chi connectivity index (χ2v) is 11.0. The van der Waals surface area contributed by atoms with Crippen molar-refractivity contribution in [2.45, 2.75) is 0 Å². The van der Waals surface area contributed by atoms with Crippen LogP contribution in [-0.2, 0) is 0 Å². The molecule has 0 saturated carbocycles. The molecular weight excluding hydrogens is 560 g/mol. The summed E-state index contributed by atoms with van der Waals surface area (Å²) in [6, 6.07) is 52.4. The van der Waals surface area contributed by atoms with E-state index in [1.54, 1.807) is 0 Å². The molecule has 2 heterocycles. The van der Waals surface area contributed by atoms with Gasteiger partial charge in [0.25, 0.3) is 0 Å². The molecule has 0 bridgehead atoms. The van der Waals surface area contributed by atoms with Crippen molar-refractivity contribution in [3.8, 4) is 50.7 Å². The topological polar surface area (TPSA) is 43.6 Å². The van der Waals surface area contributed by atoms with Gasteiger partial charge >= 0.3 is 0 Å². The molecule has 0 N–H and O–H groups in total. The molecule has 0 saturated heterocycles. The fourth-order valence-electron chi connectivity index (χ4n) is 6.06. The van der Waals surface area contributed by atoms with Crippen LogP contribution in [0.4, 0.5) is 0 Å². The minimum absolute atomic E-state index is 0.162. The summed E-state index contributed by atoms with van der Waals surface area (Å²) in [7, 11) is 0. The molecular formula is C39H25ClN4. The highest BCUT2D eigenvalue weighted by molar-refractivity contribution is 6.28. The van der Waals surface area contributed by atoms with E-state index < -0.39 is 0 Å². The van der Waals surface area contributed by atoms with Crippen LogP contribution < -0.4 is 0 Å². The van der Waals surface area contributed by atoms with E-state index in [0.29, 0.717) is 11.6 Å². The number of benzene rings is 6. The van der Waals surface area contributed by atoms with Gasteiger partial charge in [-0.05, 0) is 58.1 Å². The van der Waals surface area contributed by atoms with Gasteiger partial charge in [0, 0.05) is 27.6 Å². The molecule has 208 valence electrons. The lowest BCUT2D eigenvalue weighted by atomic mass is 9.98. The highest BCUT2D eigenvalue weighted by atomic mass is 35.5. The molecule has 0 fully saturated rings. The fraction of sp³-hybridized carbons (Fsp3) is 0. The maximum atomic E-state index is 6.48. The van der Waals surface area contributed by atoms with Crippen LogP contribution in [0.2, 0.25) is 5.28 Å². The Morgan fingerprint density at radius 1 is 0.409 bits per heavy atom. The summed E-state index contributed by atoms with van der Waals surface area (Å²) < 4.78 is 2.34. The number of hydrogen-bond acceptors (Lipinski definition) is 3. The Bertz CT molecular complexity index is 2270. The van der Waals surface area contributed by atoms with Gasteiger partial charge in [-0.3, -0.25) is 0 Å². The van der Waals surface area contributed by atoms with Crippen LogP contribution in [0, 0.1) is 0 Å². The van der Waals surface area contributed by atoms with Crippen molar-refractivity contribution < 1.29 is 0 Å². The van der Waals surface area contributed by atoms with E-state index in [-0.39, 0.29) is 5.28 Å². The van der Waals surface area contributed by atoms with Crippen LogP contribution in [0.3, 0.4) is 0 Å². The molecule has 0 aliphatic rings. The third-order valence-corrected chi connectivity index (χ3v) is 8.20. The molecule has 0 aliphatic heterocycles. The average molecular weight is 585 g/mol. The van der Waals surface area contributed by atoms with E-state index >= 15 is 0 Å². The molecule has 4 nitrogen and oxygen atoms in total. The summed E-state index contributed by atoms with van der Waals surface area (Å²) in [5.74, 6) is 1.08. The lowest BCUT2D eigenvalue weighted by molar-refractivity contribution is 1.07. The SMILES string of the molecule is Clc1nc(-c2ccc(-c3cccc4c3c3ccccc3n4-c3ccccc3)cc2)nc(-c2ccccc2-c2ccccc2)n1. The molecule has 6 aromatic carbocycles. The van der Waals surface area contributed by atoms with Crippen molar-refractivity contribution in [3.63, 3.8) is 0 Å². The van der Waals surface area contributed by atoms with Crippen LogP contribution in [-0.4, -0.2) is 19.5 Å². The molecule has 0 amide bonds. The highest BCUT2D eigenvalue weighted by Gasteiger charge is 2.17. The second-order valence-electron chi connectivity index (χ2n) is 10.6. The van der Waals surface area contributed by atoms with Gasteiger partial charge in [-0.15, -0.1) is 0 Å². The molecule has 5 heteroatoms. The van der Waals surface area contributed by atoms with Crippen LogP contribution in [0.15, 0.2) is 152 Å². The molecule has 0 radical (unpaired) electrons. The first-order valence-electron chi connectivity index (χ1n) is 14.5. The van der Waals surface area contributed by atoms with Gasteiger partial charge in [0.1, 0.15) is 0 Å².